The van der Waals surface area contributed by atoms with Gasteiger partial charge in [0.15, 0.2) is 0 Å². The molecule has 0 atom stereocenters. The summed E-state index contributed by atoms with van der Waals surface area (Å²) in [6, 6.07) is 21.2. The monoisotopic (exact) mass is 533 g/mol. The molecular formula is C28H31N5O4S. The third-order valence-electron chi connectivity index (χ3n) is 6.25. The van der Waals surface area contributed by atoms with Gasteiger partial charge in [0.25, 0.3) is 10.0 Å². The number of carbonyl (C=O) groups excluding carboxylic acids is 1. The molecule has 0 saturated heterocycles. The van der Waals surface area contributed by atoms with Crippen molar-refractivity contribution in [2.24, 2.45) is 12.8 Å². The highest BCUT2D eigenvalue weighted by atomic mass is 32.2. The number of anilines is 1. The molecule has 1 aromatic heterocycles. The van der Waals surface area contributed by atoms with E-state index < -0.39 is 10.0 Å². The zero-order valence-corrected chi connectivity index (χ0v) is 22.2. The first-order valence-electron chi connectivity index (χ1n) is 12.3. The number of carbonyl (C=O) groups is 1. The number of fused-ring (bicyclic) bond motifs is 1. The molecule has 0 bridgehead atoms. The summed E-state index contributed by atoms with van der Waals surface area (Å²) in [4.78, 5) is 16.7. The van der Waals surface area contributed by atoms with Gasteiger partial charge in [-0.3, -0.25) is 14.5 Å². The second-order valence-corrected chi connectivity index (χ2v) is 10.7. The summed E-state index contributed by atoms with van der Waals surface area (Å²) >= 11 is 0. The Kier molecular flexibility index (Phi) is 8.11. The first-order valence-corrected chi connectivity index (χ1v) is 13.8. The van der Waals surface area contributed by atoms with Gasteiger partial charge in [0, 0.05) is 32.0 Å². The van der Waals surface area contributed by atoms with Crippen molar-refractivity contribution in [2.45, 2.75) is 31.1 Å². The molecule has 3 aromatic carbocycles. The van der Waals surface area contributed by atoms with Crippen LogP contribution in [-0.2, 0) is 33.0 Å². The number of para-hydroxylation sites is 1. The van der Waals surface area contributed by atoms with E-state index in [2.05, 4.69) is 0 Å². The summed E-state index contributed by atoms with van der Waals surface area (Å²) in [5.74, 6) is 0.439. The lowest BCUT2D eigenvalue weighted by molar-refractivity contribution is -0.143. The molecule has 0 saturated carbocycles. The first-order chi connectivity index (χ1) is 18.2. The van der Waals surface area contributed by atoms with Crippen molar-refractivity contribution in [3.8, 4) is 0 Å². The van der Waals surface area contributed by atoms with Gasteiger partial charge in [0.1, 0.15) is 11.7 Å². The molecule has 0 amide bonds. The van der Waals surface area contributed by atoms with E-state index in [1.54, 1.807) is 61.5 Å². The van der Waals surface area contributed by atoms with E-state index >= 15 is 0 Å². The number of hydrogen-bond acceptors (Lipinski definition) is 6. The highest BCUT2D eigenvalue weighted by Gasteiger charge is 2.26. The lowest BCUT2D eigenvalue weighted by Crippen LogP contribution is -2.32. The average molecular weight is 534 g/mol. The van der Waals surface area contributed by atoms with Gasteiger partial charge in [0.2, 0.25) is 0 Å². The van der Waals surface area contributed by atoms with Gasteiger partial charge in [-0.05, 0) is 49.2 Å². The van der Waals surface area contributed by atoms with Crippen molar-refractivity contribution in [1.29, 1.82) is 5.41 Å². The molecule has 0 fully saturated rings. The Hall–Kier alpha value is -4.18. The Balaban J connectivity index is 1.62. The number of nitrogens with one attached hydrogen (secondary N) is 1. The third kappa shape index (κ3) is 5.86. The maximum atomic E-state index is 13.8. The van der Waals surface area contributed by atoms with Crippen LogP contribution in [0.3, 0.4) is 0 Å². The lowest BCUT2D eigenvalue weighted by atomic mass is 10.1. The van der Waals surface area contributed by atoms with E-state index in [1.165, 1.54) is 4.31 Å². The van der Waals surface area contributed by atoms with Crippen LogP contribution in [0.1, 0.15) is 36.7 Å². The summed E-state index contributed by atoms with van der Waals surface area (Å²) in [5.41, 5.74) is 9.10. The van der Waals surface area contributed by atoms with Crippen molar-refractivity contribution >= 4 is 38.5 Å². The van der Waals surface area contributed by atoms with E-state index in [9.17, 15) is 13.2 Å². The van der Waals surface area contributed by atoms with E-state index in [4.69, 9.17) is 20.9 Å². The normalized spacial score (nSPS) is 11.4. The first kappa shape index (κ1) is 26.9. The number of benzene rings is 3. The van der Waals surface area contributed by atoms with Gasteiger partial charge in [-0.2, -0.15) is 0 Å². The van der Waals surface area contributed by atoms with Gasteiger partial charge in [0.05, 0.1) is 28.2 Å². The summed E-state index contributed by atoms with van der Waals surface area (Å²) < 4.78 is 35.8. The maximum absolute atomic E-state index is 13.8. The van der Waals surface area contributed by atoms with Gasteiger partial charge in [-0.15, -0.1) is 0 Å². The number of esters is 1. The molecule has 4 aromatic rings. The number of nitrogen functional groups attached to an aromatic ring is 1. The second-order valence-electron chi connectivity index (χ2n) is 8.85. The molecule has 198 valence electrons. The van der Waals surface area contributed by atoms with E-state index in [1.807, 2.05) is 29.8 Å². The quantitative estimate of drug-likeness (QED) is 0.170. The molecular weight excluding hydrogens is 502 g/mol. The fraction of sp³-hybridized carbons (Fsp3) is 0.250. The number of nitrogens with two attached hydrogens (primary N) is 1. The number of ether oxygens (including phenoxy) is 1. The van der Waals surface area contributed by atoms with Crippen LogP contribution in [0, 0.1) is 5.41 Å². The summed E-state index contributed by atoms with van der Waals surface area (Å²) in [6.07, 6.45) is 0.990. The smallest absolute Gasteiger partial charge is 0.305 e. The number of amidine groups is 1. The van der Waals surface area contributed by atoms with Crippen LogP contribution in [0.5, 0.6) is 0 Å². The third-order valence-corrected chi connectivity index (χ3v) is 8.08. The molecule has 0 aliphatic rings. The molecule has 10 heteroatoms. The molecule has 4 rings (SSSR count). The van der Waals surface area contributed by atoms with Crippen molar-refractivity contribution in [1.82, 2.24) is 9.55 Å². The van der Waals surface area contributed by atoms with Gasteiger partial charge >= 0.3 is 5.97 Å². The van der Waals surface area contributed by atoms with Gasteiger partial charge < -0.3 is 15.0 Å². The zero-order valence-electron chi connectivity index (χ0n) is 21.4. The minimum absolute atomic E-state index is 0.0125. The van der Waals surface area contributed by atoms with Crippen LogP contribution in [0.2, 0.25) is 0 Å². The molecule has 0 unspecified atom stereocenters. The van der Waals surface area contributed by atoms with E-state index in [-0.39, 0.29) is 36.3 Å². The summed E-state index contributed by atoms with van der Waals surface area (Å²) in [6.45, 7) is 2.16. The van der Waals surface area contributed by atoms with Crippen LogP contribution in [0.15, 0.2) is 77.7 Å². The standard InChI is InChI=1S/C28H31N5O4S/c1-3-37-27(34)10-7-17-33(22-8-5-4-6-9-22)38(35,36)23-15-16-25-24(19-23)31-26(32(25)2)18-20-11-13-21(14-12-20)28(29)30/h4-6,8-9,11-16,19H,3,7,10,17-18H2,1-2H3,(H3,29,30). The van der Waals surface area contributed by atoms with Crippen LogP contribution < -0.4 is 10.0 Å². The fourth-order valence-electron chi connectivity index (χ4n) is 4.24. The minimum atomic E-state index is -3.93. The lowest BCUT2D eigenvalue weighted by Gasteiger charge is -2.24. The molecule has 0 aliphatic heterocycles. The molecule has 9 nitrogen and oxygen atoms in total. The molecule has 3 N–H and O–H groups in total. The van der Waals surface area contributed by atoms with Crippen LogP contribution in [-0.4, -0.2) is 42.9 Å². The number of imidazole rings is 1. The predicted molar refractivity (Wildman–Crippen MR) is 148 cm³/mol. The molecule has 38 heavy (non-hydrogen) atoms. The summed E-state index contributed by atoms with van der Waals surface area (Å²) in [5, 5.41) is 7.55. The summed E-state index contributed by atoms with van der Waals surface area (Å²) in [7, 11) is -2.03. The number of sulfonamides is 1. The zero-order chi connectivity index (χ0) is 27.3. The fourth-order valence-corrected chi connectivity index (χ4v) is 5.77. The average Bonchev–Trinajstić information content (AvgIpc) is 3.21. The van der Waals surface area contributed by atoms with Crippen molar-refractivity contribution in [3.63, 3.8) is 0 Å². The topological polar surface area (TPSA) is 131 Å². The SMILES string of the molecule is CCOC(=O)CCCN(c1ccccc1)S(=O)(=O)c1ccc2c(c1)nc(Cc1ccc(C(=N)N)cc1)n2C. The number of nitrogens with zero attached hydrogens (tertiary/aromatic N) is 3. The van der Waals surface area contributed by atoms with E-state index in [0.29, 0.717) is 29.6 Å². The number of aryl methyl sites for hydroxylation is 1. The highest BCUT2D eigenvalue weighted by molar-refractivity contribution is 7.92. The Morgan fingerprint density at radius 3 is 2.45 bits per heavy atom. The van der Waals surface area contributed by atoms with Gasteiger partial charge in [-0.25, -0.2) is 13.4 Å². The number of rotatable bonds is 11. The Labute approximate surface area is 222 Å². The highest BCUT2D eigenvalue weighted by Crippen LogP contribution is 2.27. The number of aromatic nitrogens is 2. The molecule has 0 aliphatic carbocycles. The molecule has 0 radical (unpaired) electrons. The molecule has 1 heterocycles. The van der Waals surface area contributed by atoms with Crippen molar-refractivity contribution in [2.75, 3.05) is 17.5 Å². The maximum Gasteiger partial charge on any atom is 0.305 e. The minimum Gasteiger partial charge on any atom is -0.466 e. The Bertz CT molecular complexity index is 1550. The largest absolute Gasteiger partial charge is 0.466 e. The van der Waals surface area contributed by atoms with Crippen LogP contribution in [0.4, 0.5) is 5.69 Å². The second kappa shape index (κ2) is 11.5. The predicted octanol–water partition coefficient (Wildman–Crippen LogP) is 3.99. The Morgan fingerprint density at radius 1 is 1.08 bits per heavy atom. The molecule has 0 spiro atoms. The number of hydrogen-bond donors (Lipinski definition) is 2. The van der Waals surface area contributed by atoms with Crippen LogP contribution >= 0.6 is 0 Å². The van der Waals surface area contributed by atoms with Gasteiger partial charge in [-0.1, -0.05) is 42.5 Å². The van der Waals surface area contributed by atoms with Crippen molar-refractivity contribution in [3.05, 3.63) is 89.7 Å². The Morgan fingerprint density at radius 2 is 1.79 bits per heavy atom. The van der Waals surface area contributed by atoms with E-state index in [0.717, 1.165) is 16.9 Å². The van der Waals surface area contributed by atoms with Crippen molar-refractivity contribution < 1.29 is 17.9 Å². The van der Waals surface area contributed by atoms with Crippen LogP contribution in [0.25, 0.3) is 11.0 Å².